The van der Waals surface area contributed by atoms with E-state index in [9.17, 15) is 4.79 Å². The van der Waals surface area contributed by atoms with Crippen molar-refractivity contribution in [1.82, 2.24) is 5.32 Å². The second-order valence-electron chi connectivity index (χ2n) is 6.14. The molecule has 0 saturated heterocycles. The summed E-state index contributed by atoms with van der Waals surface area (Å²) in [4.78, 5) is 14.4. The van der Waals surface area contributed by atoms with Crippen molar-refractivity contribution in [3.05, 3.63) is 70.3 Å². The summed E-state index contributed by atoms with van der Waals surface area (Å²) in [7, 11) is 2.11. The average Bonchev–Trinajstić information content (AvgIpc) is 2.95. The number of carbonyl (C=O) groups is 1. The number of benzene rings is 2. The molecule has 3 nitrogen and oxygen atoms in total. The first-order chi connectivity index (χ1) is 11.5. The number of fused-ring (bicyclic) bond motifs is 1. The van der Waals surface area contributed by atoms with Crippen LogP contribution in [0.25, 0.3) is 6.08 Å². The Labute approximate surface area is 147 Å². The van der Waals surface area contributed by atoms with E-state index in [1.165, 1.54) is 17.3 Å². The zero-order valence-electron chi connectivity index (χ0n) is 13.9. The van der Waals surface area contributed by atoms with Crippen LogP contribution in [0.5, 0.6) is 0 Å². The van der Waals surface area contributed by atoms with Crippen LogP contribution in [-0.2, 0) is 11.2 Å². The number of nitrogens with one attached hydrogen (secondary N) is 1. The maximum Gasteiger partial charge on any atom is 0.244 e. The summed E-state index contributed by atoms with van der Waals surface area (Å²) in [6.45, 7) is 3.06. The van der Waals surface area contributed by atoms with Crippen molar-refractivity contribution >= 4 is 29.3 Å². The first kappa shape index (κ1) is 16.6. The van der Waals surface area contributed by atoms with Gasteiger partial charge in [0, 0.05) is 30.4 Å². The molecule has 124 valence electrons. The van der Waals surface area contributed by atoms with Gasteiger partial charge in [0.1, 0.15) is 0 Å². The van der Waals surface area contributed by atoms with E-state index < -0.39 is 0 Å². The van der Waals surface area contributed by atoms with Gasteiger partial charge in [0.05, 0.1) is 6.04 Å². The molecule has 24 heavy (non-hydrogen) atoms. The lowest BCUT2D eigenvalue weighted by molar-refractivity contribution is -0.117. The Hall–Kier alpha value is -2.26. The highest BCUT2D eigenvalue weighted by molar-refractivity contribution is 6.32. The fraction of sp³-hybridized carbons (Fsp3) is 0.250. The molecular formula is C20H21ClN2O. The van der Waals surface area contributed by atoms with E-state index in [4.69, 9.17) is 11.6 Å². The van der Waals surface area contributed by atoms with Gasteiger partial charge in [-0.25, -0.2) is 0 Å². The summed E-state index contributed by atoms with van der Waals surface area (Å²) in [5.41, 5.74) is 4.60. The number of hydrogen-bond acceptors (Lipinski definition) is 2. The van der Waals surface area contributed by atoms with Gasteiger partial charge in [0.15, 0.2) is 0 Å². The van der Waals surface area contributed by atoms with Crippen LogP contribution in [0.1, 0.15) is 29.7 Å². The van der Waals surface area contributed by atoms with Gasteiger partial charge in [-0.1, -0.05) is 41.9 Å². The molecule has 0 saturated carbocycles. The third-order valence-electron chi connectivity index (χ3n) is 4.41. The third kappa shape index (κ3) is 3.62. The molecule has 1 unspecified atom stereocenters. The van der Waals surface area contributed by atoms with E-state index in [0.29, 0.717) is 5.02 Å². The molecule has 2 aromatic carbocycles. The zero-order chi connectivity index (χ0) is 17.1. The molecule has 0 fully saturated rings. The lowest BCUT2D eigenvalue weighted by Crippen LogP contribution is -2.24. The Balaban J connectivity index is 1.65. The van der Waals surface area contributed by atoms with Crippen molar-refractivity contribution in [2.45, 2.75) is 19.4 Å². The number of rotatable bonds is 4. The van der Waals surface area contributed by atoms with E-state index in [-0.39, 0.29) is 11.9 Å². The first-order valence-corrected chi connectivity index (χ1v) is 8.49. The molecule has 1 amide bonds. The smallest absolute Gasteiger partial charge is 0.244 e. The van der Waals surface area contributed by atoms with Crippen molar-refractivity contribution in [3.8, 4) is 0 Å². The molecule has 0 aromatic heterocycles. The van der Waals surface area contributed by atoms with E-state index in [2.05, 4.69) is 35.5 Å². The Morgan fingerprint density at radius 3 is 2.88 bits per heavy atom. The molecule has 0 bridgehead atoms. The van der Waals surface area contributed by atoms with Crippen LogP contribution >= 0.6 is 11.6 Å². The molecule has 1 aliphatic heterocycles. The Bertz CT molecular complexity index is 785. The minimum absolute atomic E-state index is 0.0374. The monoisotopic (exact) mass is 340 g/mol. The molecule has 2 aromatic rings. The highest BCUT2D eigenvalue weighted by Gasteiger charge is 2.17. The van der Waals surface area contributed by atoms with Gasteiger partial charge >= 0.3 is 0 Å². The maximum absolute atomic E-state index is 12.1. The molecule has 0 radical (unpaired) electrons. The fourth-order valence-electron chi connectivity index (χ4n) is 2.98. The predicted octanol–water partition coefficient (Wildman–Crippen LogP) is 4.22. The van der Waals surface area contributed by atoms with Crippen LogP contribution in [0.4, 0.5) is 5.69 Å². The minimum atomic E-state index is -0.125. The Kier molecular flexibility index (Phi) is 4.91. The van der Waals surface area contributed by atoms with Crippen LogP contribution in [0, 0.1) is 0 Å². The average molecular weight is 341 g/mol. The first-order valence-electron chi connectivity index (χ1n) is 8.11. The lowest BCUT2D eigenvalue weighted by atomic mass is 10.0. The topological polar surface area (TPSA) is 32.3 Å². The van der Waals surface area contributed by atoms with Crippen LogP contribution in [0.3, 0.4) is 0 Å². The predicted molar refractivity (Wildman–Crippen MR) is 100 cm³/mol. The largest absolute Gasteiger partial charge is 0.374 e. The van der Waals surface area contributed by atoms with Crippen LogP contribution in [0.2, 0.25) is 5.02 Å². The van der Waals surface area contributed by atoms with Gasteiger partial charge in [-0.05, 0) is 48.2 Å². The summed E-state index contributed by atoms with van der Waals surface area (Å²) in [6.07, 6.45) is 4.33. The SMILES string of the molecule is CC(NC(=O)/C=C/c1ccccc1Cl)c1ccc2c(c1)CCN2C. The highest BCUT2D eigenvalue weighted by Crippen LogP contribution is 2.29. The number of halogens is 1. The lowest BCUT2D eigenvalue weighted by Gasteiger charge is -2.16. The van der Waals surface area contributed by atoms with Gasteiger partial charge in [-0.2, -0.15) is 0 Å². The summed E-state index contributed by atoms with van der Waals surface area (Å²) >= 11 is 6.09. The number of amides is 1. The molecule has 3 rings (SSSR count). The van der Waals surface area contributed by atoms with Crippen molar-refractivity contribution in [2.75, 3.05) is 18.5 Å². The molecular weight excluding hydrogens is 320 g/mol. The van der Waals surface area contributed by atoms with Crippen molar-refractivity contribution in [1.29, 1.82) is 0 Å². The molecule has 1 atom stereocenters. The molecule has 1 heterocycles. The molecule has 0 spiro atoms. The number of anilines is 1. The number of nitrogens with zero attached hydrogens (tertiary/aromatic N) is 1. The van der Waals surface area contributed by atoms with Gasteiger partial charge in [0.2, 0.25) is 5.91 Å². The van der Waals surface area contributed by atoms with E-state index in [1.54, 1.807) is 6.08 Å². The summed E-state index contributed by atoms with van der Waals surface area (Å²) < 4.78 is 0. The van der Waals surface area contributed by atoms with Crippen LogP contribution in [0.15, 0.2) is 48.5 Å². The second-order valence-corrected chi connectivity index (χ2v) is 6.55. The molecule has 1 N–H and O–H groups in total. The van der Waals surface area contributed by atoms with Crippen molar-refractivity contribution < 1.29 is 4.79 Å². The zero-order valence-corrected chi connectivity index (χ0v) is 14.7. The number of carbonyl (C=O) groups excluding carboxylic acids is 1. The molecule has 0 aliphatic carbocycles. The van der Waals surface area contributed by atoms with Crippen LogP contribution < -0.4 is 10.2 Å². The number of hydrogen-bond donors (Lipinski definition) is 1. The van der Waals surface area contributed by atoms with Gasteiger partial charge in [-0.15, -0.1) is 0 Å². The van der Waals surface area contributed by atoms with E-state index >= 15 is 0 Å². The molecule has 1 aliphatic rings. The maximum atomic E-state index is 12.1. The summed E-state index contributed by atoms with van der Waals surface area (Å²) in [6, 6.07) is 13.8. The summed E-state index contributed by atoms with van der Waals surface area (Å²) in [5, 5.41) is 3.64. The second kappa shape index (κ2) is 7.10. The van der Waals surface area contributed by atoms with Crippen molar-refractivity contribution in [2.24, 2.45) is 0 Å². The van der Waals surface area contributed by atoms with Crippen molar-refractivity contribution in [3.63, 3.8) is 0 Å². The van der Waals surface area contributed by atoms with E-state index in [0.717, 1.165) is 24.1 Å². The van der Waals surface area contributed by atoms with Gasteiger partial charge in [-0.3, -0.25) is 4.79 Å². The highest BCUT2D eigenvalue weighted by atomic mass is 35.5. The third-order valence-corrected chi connectivity index (χ3v) is 4.75. The Morgan fingerprint density at radius 2 is 2.08 bits per heavy atom. The van der Waals surface area contributed by atoms with Gasteiger partial charge < -0.3 is 10.2 Å². The normalized spacial score (nSPS) is 14.7. The quantitative estimate of drug-likeness (QED) is 0.845. The van der Waals surface area contributed by atoms with Gasteiger partial charge in [0.25, 0.3) is 0 Å². The van der Waals surface area contributed by atoms with E-state index in [1.807, 2.05) is 31.2 Å². The standard InChI is InChI=1S/C20H21ClN2O/c1-14(16-7-9-19-17(13-16)11-12-23(19)2)22-20(24)10-8-15-5-3-4-6-18(15)21/h3-10,13-14H,11-12H2,1-2H3,(H,22,24)/b10-8+. The molecule has 4 heteroatoms. The number of likely N-dealkylation sites (N-methyl/N-ethyl adjacent to an activating group) is 1. The fourth-order valence-corrected chi connectivity index (χ4v) is 3.18. The van der Waals surface area contributed by atoms with Crippen LogP contribution in [-0.4, -0.2) is 19.5 Å². The summed E-state index contributed by atoms with van der Waals surface area (Å²) in [5.74, 6) is -0.125. The minimum Gasteiger partial charge on any atom is -0.374 e. The Morgan fingerprint density at radius 1 is 1.29 bits per heavy atom.